The van der Waals surface area contributed by atoms with E-state index in [4.69, 9.17) is 0 Å². The first kappa shape index (κ1) is 8.02. The highest BCUT2D eigenvalue weighted by atomic mass is 32.1. The second-order valence-corrected chi connectivity index (χ2v) is 3.87. The molecule has 0 fully saturated rings. The van der Waals surface area contributed by atoms with Gasteiger partial charge in [-0.1, -0.05) is 13.8 Å². The molecule has 1 aromatic rings. The van der Waals surface area contributed by atoms with E-state index >= 15 is 0 Å². The van der Waals surface area contributed by atoms with Crippen LogP contribution in [0.2, 0.25) is 0 Å². The van der Waals surface area contributed by atoms with E-state index in [-0.39, 0.29) is 0 Å². The standard InChI is InChI=1S/C5H10N3PS/c1-4(9-2)8-5(10)3-6-7-8/h3-4,9-10H,1-2H3. The molecular weight excluding hydrogens is 165 g/mol. The monoisotopic (exact) mass is 175 g/mol. The van der Waals surface area contributed by atoms with E-state index in [1.807, 2.05) is 4.68 Å². The first-order chi connectivity index (χ1) is 4.75. The predicted octanol–water partition coefficient (Wildman–Crippen LogP) is 1.39. The summed E-state index contributed by atoms with van der Waals surface area (Å²) in [5.41, 5.74) is 0. The van der Waals surface area contributed by atoms with Crippen molar-refractivity contribution in [3.8, 4) is 0 Å². The van der Waals surface area contributed by atoms with Crippen LogP contribution in [0.5, 0.6) is 0 Å². The molecule has 5 heteroatoms. The van der Waals surface area contributed by atoms with Gasteiger partial charge in [0.05, 0.1) is 12.0 Å². The average Bonchev–Trinajstić information content (AvgIpc) is 2.34. The number of thiol groups is 1. The van der Waals surface area contributed by atoms with Gasteiger partial charge >= 0.3 is 0 Å². The Morgan fingerprint density at radius 1 is 1.80 bits per heavy atom. The summed E-state index contributed by atoms with van der Waals surface area (Å²) in [6.07, 6.45) is 1.65. The Hall–Kier alpha value is -0.0800. The molecule has 0 aliphatic carbocycles. The summed E-state index contributed by atoms with van der Waals surface area (Å²) in [5.74, 6) is 0.426. The number of hydrogen-bond acceptors (Lipinski definition) is 3. The van der Waals surface area contributed by atoms with Crippen molar-refractivity contribution < 1.29 is 0 Å². The smallest absolute Gasteiger partial charge is 0.112 e. The van der Waals surface area contributed by atoms with E-state index in [2.05, 4.69) is 36.5 Å². The van der Waals surface area contributed by atoms with Crippen LogP contribution in [0, 0.1) is 0 Å². The molecule has 3 nitrogen and oxygen atoms in total. The van der Waals surface area contributed by atoms with Crippen molar-refractivity contribution in [2.75, 3.05) is 6.66 Å². The largest absolute Gasteiger partial charge is 0.232 e. The summed E-state index contributed by atoms with van der Waals surface area (Å²) < 4.78 is 1.82. The summed E-state index contributed by atoms with van der Waals surface area (Å²) in [7, 11) is 0.834. The molecular formula is C5H10N3PS. The molecule has 1 rings (SSSR count). The van der Waals surface area contributed by atoms with E-state index in [1.54, 1.807) is 6.20 Å². The van der Waals surface area contributed by atoms with Crippen molar-refractivity contribution in [3.63, 3.8) is 0 Å². The topological polar surface area (TPSA) is 30.7 Å². The lowest BCUT2D eigenvalue weighted by Gasteiger charge is -2.08. The first-order valence-electron chi connectivity index (χ1n) is 3.02. The van der Waals surface area contributed by atoms with Crippen molar-refractivity contribution >= 4 is 21.2 Å². The molecule has 0 spiro atoms. The van der Waals surface area contributed by atoms with Gasteiger partial charge in [-0.3, -0.25) is 0 Å². The van der Waals surface area contributed by atoms with E-state index in [0.29, 0.717) is 5.78 Å². The second kappa shape index (κ2) is 3.35. The summed E-state index contributed by atoms with van der Waals surface area (Å²) in [6, 6.07) is 0. The van der Waals surface area contributed by atoms with Crippen LogP contribution in [0.15, 0.2) is 11.2 Å². The van der Waals surface area contributed by atoms with E-state index in [1.165, 1.54) is 0 Å². The Balaban J connectivity index is 2.82. The minimum atomic E-state index is 0.426. The SMILES string of the molecule is CPC(C)n1nncc1S. The average molecular weight is 175 g/mol. The fourth-order valence-corrected chi connectivity index (χ4v) is 1.45. The number of hydrogen-bond donors (Lipinski definition) is 1. The van der Waals surface area contributed by atoms with E-state index < -0.39 is 0 Å². The third kappa shape index (κ3) is 1.50. The number of rotatable bonds is 2. The third-order valence-corrected chi connectivity index (χ3v) is 2.74. The molecule has 1 aromatic heterocycles. The molecule has 10 heavy (non-hydrogen) atoms. The molecule has 0 aromatic carbocycles. The Morgan fingerprint density at radius 2 is 2.50 bits per heavy atom. The van der Waals surface area contributed by atoms with Crippen LogP contribution in [0.25, 0.3) is 0 Å². The zero-order valence-corrected chi connectivity index (χ0v) is 7.84. The van der Waals surface area contributed by atoms with Crippen LogP contribution in [0.1, 0.15) is 12.7 Å². The molecule has 0 amide bonds. The van der Waals surface area contributed by atoms with Gasteiger partial charge in [0, 0.05) is 0 Å². The zero-order valence-electron chi connectivity index (χ0n) is 5.94. The minimum absolute atomic E-state index is 0.426. The summed E-state index contributed by atoms with van der Waals surface area (Å²) in [5, 5.41) is 8.45. The Morgan fingerprint density at radius 3 is 2.90 bits per heavy atom. The molecule has 0 aliphatic heterocycles. The fourth-order valence-electron chi connectivity index (χ4n) is 0.636. The van der Waals surface area contributed by atoms with E-state index in [9.17, 15) is 0 Å². The summed E-state index contributed by atoms with van der Waals surface area (Å²) >= 11 is 4.18. The Labute approximate surface area is 67.4 Å². The lowest BCUT2D eigenvalue weighted by molar-refractivity contribution is 0.567. The predicted molar refractivity (Wildman–Crippen MR) is 46.2 cm³/mol. The Kier molecular flexibility index (Phi) is 2.69. The van der Waals surface area contributed by atoms with Crippen molar-refractivity contribution in [2.45, 2.75) is 17.7 Å². The molecule has 0 saturated heterocycles. The molecule has 1 heterocycles. The summed E-state index contributed by atoms with van der Waals surface area (Å²) in [4.78, 5) is 0. The highest BCUT2D eigenvalue weighted by Gasteiger charge is 2.04. The van der Waals surface area contributed by atoms with Gasteiger partial charge in [0.2, 0.25) is 0 Å². The van der Waals surface area contributed by atoms with Crippen LogP contribution in [-0.2, 0) is 0 Å². The van der Waals surface area contributed by atoms with Crippen molar-refractivity contribution in [3.05, 3.63) is 6.20 Å². The zero-order chi connectivity index (χ0) is 7.56. The highest BCUT2D eigenvalue weighted by Crippen LogP contribution is 2.25. The molecule has 0 radical (unpaired) electrons. The van der Waals surface area contributed by atoms with Gasteiger partial charge < -0.3 is 0 Å². The molecule has 0 saturated carbocycles. The highest BCUT2D eigenvalue weighted by molar-refractivity contribution is 7.80. The minimum Gasteiger partial charge on any atom is -0.232 e. The maximum absolute atomic E-state index is 4.18. The number of aromatic nitrogens is 3. The maximum Gasteiger partial charge on any atom is 0.112 e. The lowest BCUT2D eigenvalue weighted by Crippen LogP contribution is -2.02. The van der Waals surface area contributed by atoms with Gasteiger partial charge in [-0.15, -0.1) is 17.7 Å². The first-order valence-corrected chi connectivity index (χ1v) is 5.04. The molecule has 2 unspecified atom stereocenters. The van der Waals surface area contributed by atoms with Gasteiger partial charge in [0.15, 0.2) is 0 Å². The maximum atomic E-state index is 4.18. The lowest BCUT2D eigenvalue weighted by atomic mass is 10.7. The van der Waals surface area contributed by atoms with Gasteiger partial charge in [-0.05, 0) is 13.6 Å². The van der Waals surface area contributed by atoms with E-state index in [0.717, 1.165) is 13.6 Å². The molecule has 2 atom stereocenters. The summed E-state index contributed by atoms with van der Waals surface area (Å²) in [6.45, 7) is 4.24. The Bertz CT molecular complexity index is 212. The van der Waals surface area contributed by atoms with Crippen molar-refractivity contribution in [2.24, 2.45) is 0 Å². The fraction of sp³-hybridized carbons (Fsp3) is 0.600. The van der Waals surface area contributed by atoms with Crippen molar-refractivity contribution in [1.29, 1.82) is 0 Å². The van der Waals surface area contributed by atoms with Crippen LogP contribution in [-0.4, -0.2) is 21.7 Å². The number of nitrogens with zero attached hydrogens (tertiary/aromatic N) is 3. The molecule has 0 N–H and O–H groups in total. The van der Waals surface area contributed by atoms with Gasteiger partial charge in [-0.25, -0.2) is 4.68 Å². The van der Waals surface area contributed by atoms with Crippen molar-refractivity contribution in [1.82, 2.24) is 15.0 Å². The third-order valence-electron chi connectivity index (χ3n) is 1.34. The van der Waals surface area contributed by atoms with Gasteiger partial charge in [0.1, 0.15) is 5.03 Å². The normalized spacial score (nSPS) is 14.7. The van der Waals surface area contributed by atoms with Crippen LogP contribution in [0.3, 0.4) is 0 Å². The second-order valence-electron chi connectivity index (χ2n) is 2.00. The van der Waals surface area contributed by atoms with Crippen LogP contribution >= 0.6 is 21.2 Å². The quantitative estimate of drug-likeness (QED) is 0.544. The molecule has 56 valence electrons. The molecule has 0 bridgehead atoms. The molecule has 0 aliphatic rings. The van der Waals surface area contributed by atoms with Crippen LogP contribution in [0.4, 0.5) is 0 Å². The van der Waals surface area contributed by atoms with Crippen LogP contribution < -0.4 is 0 Å². The van der Waals surface area contributed by atoms with Gasteiger partial charge in [0.25, 0.3) is 0 Å². The van der Waals surface area contributed by atoms with Gasteiger partial charge in [-0.2, -0.15) is 0 Å².